The third kappa shape index (κ3) is 4.21. The first kappa shape index (κ1) is 17.1. The van der Waals surface area contributed by atoms with Crippen molar-refractivity contribution < 1.29 is 9.59 Å². The molecule has 130 valence electrons. The molecule has 3 rings (SSSR count). The number of carbonyl (C=O) groups excluding carboxylic acids is 2. The first-order valence-corrected chi connectivity index (χ1v) is 7.94. The fourth-order valence-corrected chi connectivity index (χ4v) is 2.24. The summed E-state index contributed by atoms with van der Waals surface area (Å²) in [7, 11) is 0. The molecule has 26 heavy (non-hydrogen) atoms. The predicted molar refractivity (Wildman–Crippen MR) is 101 cm³/mol. The highest BCUT2D eigenvalue weighted by atomic mass is 16.2. The number of nitrogens with one attached hydrogen (secondary N) is 3. The van der Waals surface area contributed by atoms with Crippen molar-refractivity contribution in [2.24, 2.45) is 0 Å². The number of amides is 3. The normalized spacial score (nSPS) is 10.2. The highest BCUT2D eigenvalue weighted by molar-refractivity contribution is 6.03. The zero-order valence-corrected chi connectivity index (χ0v) is 13.9. The van der Waals surface area contributed by atoms with Gasteiger partial charge in [-0.2, -0.15) is 0 Å². The Bertz CT molecular complexity index is 954. The van der Waals surface area contributed by atoms with E-state index in [1.54, 1.807) is 36.4 Å². The van der Waals surface area contributed by atoms with Crippen molar-refractivity contribution in [3.05, 3.63) is 73.1 Å². The summed E-state index contributed by atoms with van der Waals surface area (Å²) in [5.41, 5.74) is 2.81. The van der Waals surface area contributed by atoms with Crippen LogP contribution in [0.15, 0.2) is 67.4 Å². The fraction of sp³-hybridized carbons (Fsp3) is 0.0526. The van der Waals surface area contributed by atoms with E-state index < -0.39 is 0 Å². The van der Waals surface area contributed by atoms with E-state index in [-0.39, 0.29) is 17.6 Å². The summed E-state index contributed by atoms with van der Waals surface area (Å²) in [6.45, 7) is 3.91. The van der Waals surface area contributed by atoms with Crippen LogP contribution >= 0.6 is 0 Å². The van der Waals surface area contributed by atoms with E-state index >= 15 is 0 Å². The first-order chi connectivity index (χ1) is 12.7. The smallest absolute Gasteiger partial charge is 0.319 e. The Labute approximate surface area is 150 Å². The summed E-state index contributed by atoms with van der Waals surface area (Å²) >= 11 is 0. The van der Waals surface area contributed by atoms with Gasteiger partial charge in [0.2, 0.25) is 0 Å². The first-order valence-electron chi connectivity index (χ1n) is 7.94. The minimum absolute atomic E-state index is 0.231. The van der Waals surface area contributed by atoms with Crippen LogP contribution in [-0.2, 0) is 0 Å². The molecule has 0 aliphatic heterocycles. The molecule has 7 heteroatoms. The second-order valence-electron chi connectivity index (χ2n) is 5.40. The highest BCUT2D eigenvalue weighted by Gasteiger charge is 2.09. The number of rotatable bonds is 5. The standard InChI is InChI=1S/C19H17N5O2/c1-2-11-20-19(26)23-14-9-7-13(8-10-14)22-18(25)17-12-21-15-5-3-4-6-16(15)24-17/h2-10,12H,1,11H2,(H,22,25)(H2,20,23,26). The summed E-state index contributed by atoms with van der Waals surface area (Å²) in [6, 6.07) is 13.8. The minimum Gasteiger partial charge on any atom is -0.334 e. The van der Waals surface area contributed by atoms with Gasteiger partial charge >= 0.3 is 6.03 Å². The highest BCUT2D eigenvalue weighted by Crippen LogP contribution is 2.15. The number of hydrogen-bond donors (Lipinski definition) is 3. The van der Waals surface area contributed by atoms with Crippen LogP contribution in [0.2, 0.25) is 0 Å². The van der Waals surface area contributed by atoms with Crippen LogP contribution in [0.3, 0.4) is 0 Å². The number of benzene rings is 2. The maximum absolute atomic E-state index is 12.3. The maximum atomic E-state index is 12.3. The molecule has 0 bridgehead atoms. The fourth-order valence-electron chi connectivity index (χ4n) is 2.24. The van der Waals surface area contributed by atoms with Crippen molar-refractivity contribution in [1.29, 1.82) is 0 Å². The summed E-state index contributed by atoms with van der Waals surface area (Å²) in [4.78, 5) is 32.4. The van der Waals surface area contributed by atoms with Crippen molar-refractivity contribution in [2.45, 2.75) is 0 Å². The van der Waals surface area contributed by atoms with Gasteiger partial charge in [0.05, 0.1) is 17.2 Å². The van der Waals surface area contributed by atoms with Gasteiger partial charge in [0.15, 0.2) is 0 Å². The van der Waals surface area contributed by atoms with Gasteiger partial charge in [-0.05, 0) is 36.4 Å². The van der Waals surface area contributed by atoms with E-state index in [1.165, 1.54) is 6.20 Å². The second-order valence-corrected chi connectivity index (χ2v) is 5.40. The molecule has 3 amide bonds. The van der Waals surface area contributed by atoms with E-state index in [0.29, 0.717) is 23.4 Å². The summed E-state index contributed by atoms with van der Waals surface area (Å²) in [5.74, 6) is -0.354. The summed E-state index contributed by atoms with van der Waals surface area (Å²) in [6.07, 6.45) is 3.03. The largest absolute Gasteiger partial charge is 0.334 e. The number of aromatic nitrogens is 2. The Morgan fingerprint density at radius 3 is 2.31 bits per heavy atom. The molecule has 0 aliphatic carbocycles. The predicted octanol–water partition coefficient (Wildman–Crippen LogP) is 3.19. The van der Waals surface area contributed by atoms with Gasteiger partial charge in [-0.3, -0.25) is 9.78 Å². The maximum Gasteiger partial charge on any atom is 0.319 e. The van der Waals surface area contributed by atoms with E-state index in [1.807, 2.05) is 18.2 Å². The Morgan fingerprint density at radius 1 is 0.962 bits per heavy atom. The molecule has 0 spiro atoms. The van der Waals surface area contributed by atoms with Gasteiger partial charge in [0.1, 0.15) is 5.69 Å². The zero-order valence-electron chi connectivity index (χ0n) is 13.9. The van der Waals surface area contributed by atoms with Gasteiger partial charge in [-0.25, -0.2) is 9.78 Å². The number of fused-ring (bicyclic) bond motifs is 1. The molecule has 0 fully saturated rings. The number of hydrogen-bond acceptors (Lipinski definition) is 4. The molecular formula is C19H17N5O2. The van der Waals surface area contributed by atoms with Crippen molar-refractivity contribution >= 4 is 34.3 Å². The number of carbonyl (C=O) groups is 2. The van der Waals surface area contributed by atoms with Crippen LogP contribution in [0.1, 0.15) is 10.5 Å². The van der Waals surface area contributed by atoms with Crippen molar-refractivity contribution in [3.63, 3.8) is 0 Å². The summed E-state index contributed by atoms with van der Waals surface area (Å²) in [5, 5.41) is 8.04. The van der Waals surface area contributed by atoms with Gasteiger partial charge in [0.25, 0.3) is 5.91 Å². The lowest BCUT2D eigenvalue weighted by atomic mass is 10.2. The molecule has 7 nitrogen and oxygen atoms in total. The summed E-state index contributed by atoms with van der Waals surface area (Å²) < 4.78 is 0. The molecule has 3 N–H and O–H groups in total. The van der Waals surface area contributed by atoms with E-state index in [9.17, 15) is 9.59 Å². The number of para-hydroxylation sites is 2. The average Bonchev–Trinajstić information content (AvgIpc) is 2.67. The molecule has 0 saturated carbocycles. The number of nitrogens with zero attached hydrogens (tertiary/aromatic N) is 2. The lowest BCUT2D eigenvalue weighted by Gasteiger charge is -2.08. The Balaban J connectivity index is 1.65. The Hall–Kier alpha value is -3.74. The van der Waals surface area contributed by atoms with Crippen molar-refractivity contribution in [3.8, 4) is 0 Å². The van der Waals surface area contributed by atoms with Crippen molar-refractivity contribution in [2.75, 3.05) is 17.2 Å². The zero-order chi connectivity index (χ0) is 18.4. The number of urea groups is 1. The Morgan fingerprint density at radius 2 is 1.62 bits per heavy atom. The monoisotopic (exact) mass is 347 g/mol. The van der Waals surface area contributed by atoms with E-state index in [0.717, 1.165) is 5.52 Å². The molecule has 0 radical (unpaired) electrons. The third-order valence-electron chi connectivity index (χ3n) is 3.49. The minimum atomic E-state index is -0.354. The SMILES string of the molecule is C=CCNC(=O)Nc1ccc(NC(=O)c2cnc3ccccc3n2)cc1. The molecule has 0 atom stereocenters. The van der Waals surface area contributed by atoms with Crippen molar-refractivity contribution in [1.82, 2.24) is 15.3 Å². The van der Waals surface area contributed by atoms with Gasteiger partial charge < -0.3 is 16.0 Å². The van der Waals surface area contributed by atoms with Gasteiger partial charge in [0, 0.05) is 17.9 Å². The molecule has 0 saturated heterocycles. The van der Waals surface area contributed by atoms with E-state index in [4.69, 9.17) is 0 Å². The average molecular weight is 347 g/mol. The quantitative estimate of drug-likeness (QED) is 0.618. The third-order valence-corrected chi connectivity index (χ3v) is 3.49. The molecular weight excluding hydrogens is 330 g/mol. The molecule has 1 heterocycles. The lowest BCUT2D eigenvalue weighted by Crippen LogP contribution is -2.28. The van der Waals surface area contributed by atoms with Crippen LogP contribution in [0.5, 0.6) is 0 Å². The van der Waals surface area contributed by atoms with Crippen LogP contribution in [0.25, 0.3) is 11.0 Å². The molecule has 1 aromatic heterocycles. The molecule has 0 aliphatic rings. The number of anilines is 2. The Kier molecular flexibility index (Phi) is 5.19. The van der Waals surface area contributed by atoms with Crippen LogP contribution in [-0.4, -0.2) is 28.5 Å². The topological polar surface area (TPSA) is 96.0 Å². The molecule has 2 aromatic carbocycles. The van der Waals surface area contributed by atoms with Crippen LogP contribution in [0, 0.1) is 0 Å². The second kappa shape index (κ2) is 7.89. The van der Waals surface area contributed by atoms with Gasteiger partial charge in [-0.15, -0.1) is 6.58 Å². The van der Waals surface area contributed by atoms with E-state index in [2.05, 4.69) is 32.5 Å². The molecule has 0 unspecified atom stereocenters. The van der Waals surface area contributed by atoms with Crippen LogP contribution in [0.4, 0.5) is 16.2 Å². The lowest BCUT2D eigenvalue weighted by molar-refractivity contribution is 0.102. The van der Waals surface area contributed by atoms with Crippen LogP contribution < -0.4 is 16.0 Å². The molecule has 3 aromatic rings. The van der Waals surface area contributed by atoms with Gasteiger partial charge in [-0.1, -0.05) is 18.2 Å².